The van der Waals surface area contributed by atoms with E-state index in [1.54, 1.807) is 4.57 Å². The lowest BCUT2D eigenvalue weighted by atomic mass is 10.1. The predicted octanol–water partition coefficient (Wildman–Crippen LogP) is 2.01. The molecule has 108 valence electrons. The van der Waals surface area contributed by atoms with Gasteiger partial charge in [-0.3, -0.25) is 0 Å². The zero-order valence-corrected chi connectivity index (χ0v) is 12.3. The summed E-state index contributed by atoms with van der Waals surface area (Å²) >= 11 is 0. The van der Waals surface area contributed by atoms with Crippen molar-refractivity contribution in [1.82, 2.24) is 9.55 Å². The molecule has 2 heterocycles. The van der Waals surface area contributed by atoms with Crippen molar-refractivity contribution in [2.45, 2.75) is 37.1 Å². The monoisotopic (exact) mass is 294 g/mol. The van der Waals surface area contributed by atoms with Crippen LogP contribution in [0.1, 0.15) is 19.3 Å². The standard InChI is InChI=1S/C14H18N2O3S/c1-20(17,18)14-15-12-7-2-3-8-13(12)16(14)10-11-6-4-5-9-19-11/h2-3,7-8,11H,4-6,9-10H2,1H3. The summed E-state index contributed by atoms with van der Waals surface area (Å²) in [6.45, 7) is 1.30. The number of sulfone groups is 1. The quantitative estimate of drug-likeness (QED) is 0.869. The first-order valence-corrected chi connectivity index (χ1v) is 8.72. The Morgan fingerprint density at radius 2 is 2.15 bits per heavy atom. The minimum absolute atomic E-state index is 0.0712. The summed E-state index contributed by atoms with van der Waals surface area (Å²) < 4.78 is 31.4. The molecule has 0 amide bonds. The average molecular weight is 294 g/mol. The van der Waals surface area contributed by atoms with Gasteiger partial charge in [0.2, 0.25) is 15.0 Å². The molecule has 0 saturated carbocycles. The lowest BCUT2D eigenvalue weighted by Gasteiger charge is -2.23. The van der Waals surface area contributed by atoms with Crippen LogP contribution in [-0.2, 0) is 21.1 Å². The molecule has 6 heteroatoms. The van der Waals surface area contributed by atoms with Gasteiger partial charge in [-0.1, -0.05) is 12.1 Å². The third kappa shape index (κ3) is 2.58. The van der Waals surface area contributed by atoms with Gasteiger partial charge in [0.25, 0.3) is 0 Å². The molecule has 0 bridgehead atoms. The van der Waals surface area contributed by atoms with Gasteiger partial charge in [0.1, 0.15) is 0 Å². The Kier molecular flexibility index (Phi) is 3.52. The predicted molar refractivity (Wildman–Crippen MR) is 76.4 cm³/mol. The Labute approximate surface area is 118 Å². The second-order valence-electron chi connectivity index (χ2n) is 5.25. The smallest absolute Gasteiger partial charge is 0.228 e. The first-order chi connectivity index (χ1) is 9.55. The zero-order valence-electron chi connectivity index (χ0n) is 11.4. The molecule has 1 aliphatic rings. The molecule has 5 nitrogen and oxygen atoms in total. The van der Waals surface area contributed by atoms with E-state index in [-0.39, 0.29) is 11.3 Å². The summed E-state index contributed by atoms with van der Waals surface area (Å²) in [5.41, 5.74) is 1.56. The maximum Gasteiger partial charge on any atom is 0.228 e. The van der Waals surface area contributed by atoms with Crippen LogP contribution in [0.5, 0.6) is 0 Å². The van der Waals surface area contributed by atoms with E-state index in [2.05, 4.69) is 4.98 Å². The lowest BCUT2D eigenvalue weighted by Crippen LogP contribution is -2.25. The van der Waals surface area contributed by atoms with Gasteiger partial charge in [-0.2, -0.15) is 0 Å². The first kappa shape index (κ1) is 13.6. The summed E-state index contributed by atoms with van der Waals surface area (Å²) in [6, 6.07) is 7.50. The third-order valence-electron chi connectivity index (χ3n) is 3.61. The molecule has 1 aromatic carbocycles. The highest BCUT2D eigenvalue weighted by Gasteiger charge is 2.23. The van der Waals surface area contributed by atoms with Crippen molar-refractivity contribution in [2.24, 2.45) is 0 Å². The fourth-order valence-corrected chi connectivity index (χ4v) is 3.51. The number of imidazole rings is 1. The molecule has 0 aliphatic carbocycles. The Morgan fingerprint density at radius 1 is 1.35 bits per heavy atom. The number of aromatic nitrogens is 2. The number of ether oxygens (including phenoxy) is 1. The van der Waals surface area contributed by atoms with E-state index in [0.29, 0.717) is 12.1 Å². The van der Waals surface area contributed by atoms with Crippen LogP contribution >= 0.6 is 0 Å². The van der Waals surface area contributed by atoms with Crippen LogP contribution in [0.2, 0.25) is 0 Å². The van der Waals surface area contributed by atoms with Crippen LogP contribution in [0.3, 0.4) is 0 Å². The van der Waals surface area contributed by atoms with Gasteiger partial charge in [0.15, 0.2) is 0 Å². The first-order valence-electron chi connectivity index (χ1n) is 6.82. The summed E-state index contributed by atoms with van der Waals surface area (Å²) in [7, 11) is -3.35. The van der Waals surface area contributed by atoms with Crippen LogP contribution < -0.4 is 0 Å². The molecule has 1 unspecified atom stereocenters. The van der Waals surface area contributed by atoms with Gasteiger partial charge in [0, 0.05) is 12.9 Å². The normalized spacial score (nSPS) is 20.4. The molecular weight excluding hydrogens is 276 g/mol. The Morgan fingerprint density at radius 3 is 2.85 bits per heavy atom. The maximum absolute atomic E-state index is 11.9. The minimum Gasteiger partial charge on any atom is -0.376 e. The molecule has 1 saturated heterocycles. The number of fused-ring (bicyclic) bond motifs is 1. The van der Waals surface area contributed by atoms with Crippen LogP contribution in [0.15, 0.2) is 29.4 Å². The number of benzene rings is 1. The fraction of sp³-hybridized carbons (Fsp3) is 0.500. The van der Waals surface area contributed by atoms with Crippen molar-refractivity contribution in [1.29, 1.82) is 0 Å². The highest BCUT2D eigenvalue weighted by atomic mass is 32.2. The molecule has 2 aromatic rings. The molecule has 0 N–H and O–H groups in total. The van der Waals surface area contributed by atoms with E-state index in [4.69, 9.17) is 4.74 Å². The molecule has 20 heavy (non-hydrogen) atoms. The Bertz CT molecular complexity index is 715. The lowest BCUT2D eigenvalue weighted by molar-refractivity contribution is 0.00527. The van der Waals surface area contributed by atoms with E-state index in [1.165, 1.54) is 6.26 Å². The van der Waals surface area contributed by atoms with Crippen LogP contribution in [-0.4, -0.2) is 36.9 Å². The molecule has 1 aromatic heterocycles. The molecule has 1 atom stereocenters. The topological polar surface area (TPSA) is 61.2 Å². The molecule has 3 rings (SSSR count). The number of para-hydroxylation sites is 2. The van der Waals surface area contributed by atoms with Crippen molar-refractivity contribution in [3.63, 3.8) is 0 Å². The van der Waals surface area contributed by atoms with Crippen molar-refractivity contribution in [3.8, 4) is 0 Å². The Hall–Kier alpha value is -1.40. The maximum atomic E-state index is 11.9. The summed E-state index contributed by atoms with van der Waals surface area (Å²) in [5.74, 6) is 0. The van der Waals surface area contributed by atoms with Crippen molar-refractivity contribution in [2.75, 3.05) is 12.9 Å². The minimum atomic E-state index is -3.35. The summed E-state index contributed by atoms with van der Waals surface area (Å²) in [4.78, 5) is 4.27. The van der Waals surface area contributed by atoms with Crippen LogP contribution in [0.4, 0.5) is 0 Å². The van der Waals surface area contributed by atoms with E-state index < -0.39 is 9.84 Å². The van der Waals surface area contributed by atoms with Crippen molar-refractivity contribution in [3.05, 3.63) is 24.3 Å². The van der Waals surface area contributed by atoms with Crippen molar-refractivity contribution < 1.29 is 13.2 Å². The van der Waals surface area contributed by atoms with Gasteiger partial charge in [-0.05, 0) is 31.4 Å². The zero-order chi connectivity index (χ0) is 14.2. The molecule has 0 spiro atoms. The second-order valence-corrected chi connectivity index (χ2v) is 7.16. The summed E-state index contributed by atoms with van der Waals surface area (Å²) in [5, 5.41) is 0.132. The largest absolute Gasteiger partial charge is 0.376 e. The third-order valence-corrected chi connectivity index (χ3v) is 4.59. The number of hydrogen-bond acceptors (Lipinski definition) is 4. The van der Waals surface area contributed by atoms with Gasteiger partial charge < -0.3 is 9.30 Å². The highest BCUT2D eigenvalue weighted by Crippen LogP contribution is 2.22. The molecule has 0 radical (unpaired) electrons. The molecular formula is C14H18N2O3S. The summed E-state index contributed by atoms with van der Waals surface area (Å²) in [6.07, 6.45) is 4.45. The fourth-order valence-electron chi connectivity index (χ4n) is 2.67. The number of rotatable bonds is 3. The van der Waals surface area contributed by atoms with Gasteiger partial charge in [0.05, 0.1) is 23.7 Å². The van der Waals surface area contributed by atoms with Crippen LogP contribution in [0.25, 0.3) is 11.0 Å². The van der Waals surface area contributed by atoms with E-state index in [0.717, 1.165) is 31.4 Å². The number of hydrogen-bond donors (Lipinski definition) is 0. The molecule has 1 fully saturated rings. The van der Waals surface area contributed by atoms with Gasteiger partial charge >= 0.3 is 0 Å². The number of nitrogens with zero attached hydrogens (tertiary/aromatic N) is 2. The van der Waals surface area contributed by atoms with Gasteiger partial charge in [-0.15, -0.1) is 0 Å². The SMILES string of the molecule is CS(=O)(=O)c1nc2ccccc2n1CC1CCCCO1. The van der Waals surface area contributed by atoms with Crippen molar-refractivity contribution >= 4 is 20.9 Å². The highest BCUT2D eigenvalue weighted by molar-refractivity contribution is 7.90. The van der Waals surface area contributed by atoms with E-state index >= 15 is 0 Å². The van der Waals surface area contributed by atoms with E-state index in [9.17, 15) is 8.42 Å². The van der Waals surface area contributed by atoms with Gasteiger partial charge in [-0.25, -0.2) is 13.4 Å². The van der Waals surface area contributed by atoms with Crippen LogP contribution in [0, 0.1) is 0 Å². The van der Waals surface area contributed by atoms with E-state index in [1.807, 2.05) is 24.3 Å². The Balaban J connectivity index is 2.06. The second kappa shape index (κ2) is 5.18. The average Bonchev–Trinajstić information content (AvgIpc) is 2.79. The molecule has 1 aliphatic heterocycles.